The molecule has 4 rings (SSSR count). The molecule has 0 unspecified atom stereocenters. The van der Waals surface area contributed by atoms with Gasteiger partial charge in [0.25, 0.3) is 0 Å². The van der Waals surface area contributed by atoms with E-state index in [4.69, 9.17) is 10.5 Å². The second-order valence-electron chi connectivity index (χ2n) is 6.69. The van der Waals surface area contributed by atoms with Crippen molar-refractivity contribution in [2.75, 3.05) is 7.11 Å². The molecular weight excluding hydrogens is 326 g/mol. The number of H-pyrrole nitrogens is 1. The standard InChI is InChI=1S/C21H21N3O2/c1-26-20(25)21(10-11-21)17-8-6-15(7-9-17)14-2-4-16(5-3-14)18-13-23-24-19(18)12-22/h2-9,13H,10-12,22H2,1H3,(H,23,24). The first-order valence-corrected chi connectivity index (χ1v) is 8.70. The zero-order valence-corrected chi connectivity index (χ0v) is 14.7. The number of esters is 1. The quantitative estimate of drug-likeness (QED) is 0.693. The number of ether oxygens (including phenoxy) is 1. The summed E-state index contributed by atoms with van der Waals surface area (Å²) in [6.07, 6.45) is 3.53. The Morgan fingerprint density at radius 1 is 1.08 bits per heavy atom. The van der Waals surface area contributed by atoms with Gasteiger partial charge in [0.05, 0.1) is 24.4 Å². The Morgan fingerprint density at radius 3 is 2.19 bits per heavy atom. The average Bonchev–Trinajstić information content (AvgIpc) is 3.38. The molecule has 132 valence electrons. The molecule has 1 aliphatic rings. The molecule has 5 heteroatoms. The number of nitrogens with one attached hydrogen (secondary N) is 1. The van der Waals surface area contributed by atoms with Crippen molar-refractivity contribution in [2.45, 2.75) is 24.8 Å². The number of rotatable bonds is 5. The summed E-state index contributed by atoms with van der Waals surface area (Å²) in [5.74, 6) is -0.134. The number of methoxy groups -OCH3 is 1. The maximum Gasteiger partial charge on any atom is 0.316 e. The molecule has 1 fully saturated rings. The molecule has 0 spiro atoms. The lowest BCUT2D eigenvalue weighted by Crippen LogP contribution is -2.21. The highest BCUT2D eigenvalue weighted by Gasteiger charge is 2.52. The average molecular weight is 347 g/mol. The van der Waals surface area contributed by atoms with Crippen LogP contribution in [0.25, 0.3) is 22.3 Å². The molecule has 0 saturated heterocycles. The molecule has 0 radical (unpaired) electrons. The van der Waals surface area contributed by atoms with Crippen LogP contribution in [-0.4, -0.2) is 23.3 Å². The number of aromatic amines is 1. The first-order chi connectivity index (χ1) is 12.7. The minimum absolute atomic E-state index is 0.134. The van der Waals surface area contributed by atoms with Gasteiger partial charge in [-0.1, -0.05) is 48.5 Å². The number of hydrogen-bond acceptors (Lipinski definition) is 4. The van der Waals surface area contributed by atoms with Crippen molar-refractivity contribution in [1.29, 1.82) is 0 Å². The van der Waals surface area contributed by atoms with Crippen molar-refractivity contribution < 1.29 is 9.53 Å². The highest BCUT2D eigenvalue weighted by atomic mass is 16.5. The van der Waals surface area contributed by atoms with Crippen molar-refractivity contribution in [2.24, 2.45) is 5.73 Å². The normalized spacial score (nSPS) is 14.8. The van der Waals surface area contributed by atoms with Crippen molar-refractivity contribution in [3.05, 3.63) is 66.0 Å². The zero-order valence-electron chi connectivity index (χ0n) is 14.7. The van der Waals surface area contributed by atoms with Crippen molar-refractivity contribution in [3.8, 4) is 22.3 Å². The Hall–Kier alpha value is -2.92. The van der Waals surface area contributed by atoms with Crippen molar-refractivity contribution in [3.63, 3.8) is 0 Å². The highest BCUT2D eigenvalue weighted by molar-refractivity contribution is 5.86. The number of carbonyl (C=O) groups excluding carboxylic acids is 1. The van der Waals surface area contributed by atoms with E-state index in [0.717, 1.165) is 46.4 Å². The topological polar surface area (TPSA) is 81.0 Å². The molecule has 1 heterocycles. The van der Waals surface area contributed by atoms with E-state index in [1.165, 1.54) is 7.11 Å². The van der Waals surface area contributed by atoms with Crippen LogP contribution in [0.1, 0.15) is 24.1 Å². The van der Waals surface area contributed by atoms with E-state index in [-0.39, 0.29) is 5.97 Å². The van der Waals surface area contributed by atoms with E-state index < -0.39 is 5.41 Å². The third kappa shape index (κ3) is 2.70. The summed E-state index contributed by atoms with van der Waals surface area (Å²) in [6, 6.07) is 16.5. The van der Waals surface area contributed by atoms with Gasteiger partial charge in [-0.05, 0) is 35.1 Å². The molecule has 3 aromatic rings. The Balaban J connectivity index is 1.58. The minimum Gasteiger partial charge on any atom is -0.468 e. The molecule has 26 heavy (non-hydrogen) atoms. The fourth-order valence-corrected chi connectivity index (χ4v) is 3.47. The van der Waals surface area contributed by atoms with Crippen LogP contribution in [0.3, 0.4) is 0 Å². The van der Waals surface area contributed by atoms with Crippen molar-refractivity contribution >= 4 is 5.97 Å². The van der Waals surface area contributed by atoms with Crippen LogP contribution in [0.5, 0.6) is 0 Å². The molecule has 0 aliphatic heterocycles. The Morgan fingerprint density at radius 2 is 1.65 bits per heavy atom. The monoisotopic (exact) mass is 347 g/mol. The van der Waals surface area contributed by atoms with Gasteiger partial charge >= 0.3 is 5.97 Å². The second kappa shape index (κ2) is 6.42. The predicted octanol–water partition coefficient (Wildman–Crippen LogP) is 3.41. The van der Waals surface area contributed by atoms with Crippen LogP contribution in [-0.2, 0) is 21.5 Å². The number of carbonyl (C=O) groups is 1. The number of benzene rings is 2. The van der Waals surface area contributed by atoms with Crippen LogP contribution in [0.15, 0.2) is 54.7 Å². The lowest BCUT2D eigenvalue weighted by atomic mass is 9.93. The predicted molar refractivity (Wildman–Crippen MR) is 100 cm³/mol. The van der Waals surface area contributed by atoms with Gasteiger partial charge in [-0.25, -0.2) is 0 Å². The maximum atomic E-state index is 12.0. The summed E-state index contributed by atoms with van der Waals surface area (Å²) < 4.78 is 4.96. The van der Waals surface area contributed by atoms with Crippen LogP contribution in [0, 0.1) is 0 Å². The largest absolute Gasteiger partial charge is 0.468 e. The van der Waals surface area contributed by atoms with Gasteiger partial charge in [-0.2, -0.15) is 5.10 Å². The lowest BCUT2D eigenvalue weighted by molar-refractivity contribution is -0.143. The van der Waals surface area contributed by atoms with Crippen LogP contribution in [0.4, 0.5) is 0 Å². The van der Waals surface area contributed by atoms with Crippen LogP contribution >= 0.6 is 0 Å². The molecule has 2 aromatic carbocycles. The van der Waals surface area contributed by atoms with Gasteiger partial charge in [0.15, 0.2) is 0 Å². The zero-order chi connectivity index (χ0) is 18.1. The van der Waals surface area contributed by atoms with Gasteiger partial charge in [0, 0.05) is 12.1 Å². The van der Waals surface area contributed by atoms with Gasteiger partial charge in [-0.15, -0.1) is 0 Å². The fourth-order valence-electron chi connectivity index (χ4n) is 3.47. The Labute approximate surface area is 152 Å². The summed E-state index contributed by atoms with van der Waals surface area (Å²) in [6.45, 7) is 0.431. The van der Waals surface area contributed by atoms with Gasteiger partial charge in [0.1, 0.15) is 0 Å². The minimum atomic E-state index is -0.420. The first kappa shape index (κ1) is 16.5. The van der Waals surface area contributed by atoms with Gasteiger partial charge in [0.2, 0.25) is 0 Å². The summed E-state index contributed by atoms with van der Waals surface area (Å²) in [4.78, 5) is 12.0. The van der Waals surface area contributed by atoms with E-state index in [2.05, 4.69) is 46.6 Å². The third-order valence-corrected chi connectivity index (χ3v) is 5.22. The fraction of sp³-hybridized carbons (Fsp3) is 0.238. The molecule has 1 saturated carbocycles. The second-order valence-corrected chi connectivity index (χ2v) is 6.69. The number of aromatic nitrogens is 2. The first-order valence-electron chi connectivity index (χ1n) is 8.70. The molecule has 3 N–H and O–H groups in total. The SMILES string of the molecule is COC(=O)C1(c2ccc(-c3ccc(-c4cn[nH]c4CN)cc3)cc2)CC1. The van der Waals surface area contributed by atoms with Gasteiger partial charge < -0.3 is 10.5 Å². The molecule has 1 aromatic heterocycles. The number of nitrogens with zero attached hydrogens (tertiary/aromatic N) is 1. The van der Waals surface area contributed by atoms with Crippen LogP contribution in [0.2, 0.25) is 0 Å². The van der Waals surface area contributed by atoms with E-state index in [1.54, 1.807) is 6.20 Å². The lowest BCUT2D eigenvalue weighted by Gasteiger charge is -2.13. The third-order valence-electron chi connectivity index (χ3n) is 5.22. The van der Waals surface area contributed by atoms with Gasteiger partial charge in [-0.3, -0.25) is 9.89 Å². The summed E-state index contributed by atoms with van der Waals surface area (Å²) >= 11 is 0. The molecular formula is C21H21N3O2. The Bertz CT molecular complexity index is 923. The maximum absolute atomic E-state index is 12.0. The van der Waals surface area contributed by atoms with E-state index >= 15 is 0 Å². The summed E-state index contributed by atoms with van der Waals surface area (Å²) in [7, 11) is 1.45. The van der Waals surface area contributed by atoms with Crippen LogP contribution < -0.4 is 5.73 Å². The molecule has 1 aliphatic carbocycles. The summed E-state index contributed by atoms with van der Waals surface area (Å²) in [5, 5.41) is 6.99. The molecule has 0 atom stereocenters. The van der Waals surface area contributed by atoms with E-state index in [1.807, 2.05) is 12.1 Å². The number of nitrogens with two attached hydrogens (primary N) is 1. The summed E-state index contributed by atoms with van der Waals surface area (Å²) in [5.41, 5.74) is 11.6. The Kier molecular flexibility index (Phi) is 4.09. The van der Waals surface area contributed by atoms with Crippen molar-refractivity contribution in [1.82, 2.24) is 10.2 Å². The molecule has 0 bridgehead atoms. The smallest absolute Gasteiger partial charge is 0.316 e. The molecule has 5 nitrogen and oxygen atoms in total. The highest BCUT2D eigenvalue weighted by Crippen LogP contribution is 2.49. The van der Waals surface area contributed by atoms with E-state index in [0.29, 0.717) is 6.54 Å². The van der Waals surface area contributed by atoms with E-state index in [9.17, 15) is 4.79 Å². The number of hydrogen-bond donors (Lipinski definition) is 2. The molecule has 0 amide bonds.